The van der Waals surface area contributed by atoms with Crippen LogP contribution in [0.3, 0.4) is 0 Å². The molecular weight excluding hydrogens is 247 g/mol. The van der Waals surface area contributed by atoms with Crippen LogP contribution in [0.1, 0.15) is 29.8 Å². The fourth-order valence-electron chi connectivity index (χ4n) is 2.28. The quantitative estimate of drug-likeness (QED) is 0.841. The number of carbonyl (C=O) groups is 2. The van der Waals surface area contributed by atoms with Gasteiger partial charge in [0.05, 0.1) is 11.3 Å². The van der Waals surface area contributed by atoms with Crippen molar-refractivity contribution >= 4 is 17.4 Å². The van der Waals surface area contributed by atoms with Crippen LogP contribution in [0.4, 0.5) is 10.1 Å². The Morgan fingerprint density at radius 1 is 1.32 bits per heavy atom. The van der Waals surface area contributed by atoms with Crippen molar-refractivity contribution in [3.63, 3.8) is 0 Å². The Kier molecular flexibility index (Phi) is 3.66. The van der Waals surface area contributed by atoms with Crippen molar-refractivity contribution < 1.29 is 14.0 Å². The van der Waals surface area contributed by atoms with E-state index >= 15 is 0 Å². The van der Waals surface area contributed by atoms with E-state index in [0.717, 1.165) is 6.07 Å². The summed E-state index contributed by atoms with van der Waals surface area (Å²) < 4.78 is 13.3. The number of hydrogen-bond acceptors (Lipinski definition) is 3. The van der Waals surface area contributed by atoms with Gasteiger partial charge < -0.3 is 10.2 Å². The lowest BCUT2D eigenvalue weighted by molar-refractivity contribution is -0.114. The highest BCUT2D eigenvalue weighted by atomic mass is 19.1. The predicted octanol–water partition coefficient (Wildman–Crippen LogP) is 1.66. The minimum absolute atomic E-state index is 0.173. The summed E-state index contributed by atoms with van der Waals surface area (Å²) in [5.41, 5.74) is 1.33. The second kappa shape index (κ2) is 5.09. The SMILES string of the molecule is Cc1cc(F)cc2c1N(CCNC(C)C)C(=O)C2=O. The molecule has 19 heavy (non-hydrogen) atoms. The van der Waals surface area contributed by atoms with Crippen LogP contribution in [0.2, 0.25) is 0 Å². The number of halogens is 1. The number of nitrogens with zero attached hydrogens (tertiary/aromatic N) is 1. The first kappa shape index (κ1) is 13.7. The number of anilines is 1. The monoisotopic (exact) mass is 264 g/mol. The molecule has 0 saturated carbocycles. The second-order valence-corrected chi connectivity index (χ2v) is 5.01. The van der Waals surface area contributed by atoms with Crippen LogP contribution in [0, 0.1) is 12.7 Å². The lowest BCUT2D eigenvalue weighted by Crippen LogP contribution is -2.38. The zero-order valence-corrected chi connectivity index (χ0v) is 11.3. The molecule has 1 heterocycles. The molecule has 0 aliphatic carbocycles. The van der Waals surface area contributed by atoms with Crippen molar-refractivity contribution in [2.75, 3.05) is 18.0 Å². The molecule has 0 fully saturated rings. The van der Waals surface area contributed by atoms with Crippen LogP contribution in [0.15, 0.2) is 12.1 Å². The Morgan fingerprint density at radius 2 is 2.00 bits per heavy atom. The summed E-state index contributed by atoms with van der Waals surface area (Å²) in [6, 6.07) is 2.79. The number of Topliss-reactive ketones (excluding diaryl/α,β-unsaturated/α-hetero) is 1. The van der Waals surface area contributed by atoms with Crippen molar-refractivity contribution in [1.29, 1.82) is 0 Å². The lowest BCUT2D eigenvalue weighted by atomic mass is 10.1. The molecule has 0 radical (unpaired) electrons. The van der Waals surface area contributed by atoms with Gasteiger partial charge in [-0.3, -0.25) is 9.59 Å². The van der Waals surface area contributed by atoms with E-state index in [1.807, 2.05) is 13.8 Å². The maximum absolute atomic E-state index is 13.3. The molecule has 0 atom stereocenters. The Balaban J connectivity index is 2.28. The van der Waals surface area contributed by atoms with Gasteiger partial charge >= 0.3 is 0 Å². The van der Waals surface area contributed by atoms with Gasteiger partial charge in [-0.05, 0) is 24.6 Å². The van der Waals surface area contributed by atoms with Crippen molar-refractivity contribution in [2.45, 2.75) is 26.8 Å². The summed E-state index contributed by atoms with van der Waals surface area (Å²) in [5.74, 6) is -1.68. The molecule has 0 bridgehead atoms. The van der Waals surface area contributed by atoms with Gasteiger partial charge in [0.25, 0.3) is 11.7 Å². The Labute approximate surface area is 111 Å². The van der Waals surface area contributed by atoms with Crippen molar-refractivity contribution in [3.8, 4) is 0 Å². The van der Waals surface area contributed by atoms with E-state index in [4.69, 9.17) is 0 Å². The molecule has 1 aromatic carbocycles. The Bertz CT molecular complexity index is 540. The van der Waals surface area contributed by atoms with Crippen molar-refractivity contribution in [3.05, 3.63) is 29.1 Å². The number of rotatable bonds is 4. The van der Waals surface area contributed by atoms with Crippen LogP contribution < -0.4 is 10.2 Å². The van der Waals surface area contributed by atoms with Gasteiger partial charge in [0.1, 0.15) is 5.82 Å². The van der Waals surface area contributed by atoms with E-state index in [1.54, 1.807) is 6.92 Å². The molecule has 102 valence electrons. The summed E-state index contributed by atoms with van der Waals surface area (Å²) in [4.78, 5) is 25.2. The standard InChI is InChI=1S/C14H17FN2O2/c1-8(2)16-4-5-17-12-9(3)6-10(15)7-11(12)13(18)14(17)19/h6-8,16H,4-5H2,1-3H3. The highest BCUT2D eigenvalue weighted by molar-refractivity contribution is 6.52. The molecule has 1 aliphatic rings. The van der Waals surface area contributed by atoms with Crippen molar-refractivity contribution in [2.24, 2.45) is 0 Å². The van der Waals surface area contributed by atoms with Crippen LogP contribution in [-0.4, -0.2) is 30.8 Å². The molecule has 1 aromatic rings. The fraction of sp³-hybridized carbons (Fsp3) is 0.429. The third-order valence-electron chi connectivity index (χ3n) is 3.11. The second-order valence-electron chi connectivity index (χ2n) is 5.01. The normalized spacial score (nSPS) is 14.5. The zero-order valence-electron chi connectivity index (χ0n) is 11.3. The molecule has 0 spiro atoms. The molecule has 0 saturated heterocycles. The average Bonchev–Trinajstić information content (AvgIpc) is 2.54. The zero-order chi connectivity index (χ0) is 14.2. The number of amides is 1. The maximum Gasteiger partial charge on any atom is 0.299 e. The van der Waals surface area contributed by atoms with E-state index in [-0.39, 0.29) is 5.56 Å². The molecule has 1 N–H and O–H groups in total. The smallest absolute Gasteiger partial charge is 0.299 e. The molecule has 5 heteroatoms. The van der Waals surface area contributed by atoms with Crippen LogP contribution in [0.25, 0.3) is 0 Å². The predicted molar refractivity (Wildman–Crippen MR) is 71.0 cm³/mol. The minimum Gasteiger partial charge on any atom is -0.313 e. The first-order chi connectivity index (χ1) is 8.91. The highest BCUT2D eigenvalue weighted by Crippen LogP contribution is 2.32. The van der Waals surface area contributed by atoms with Gasteiger partial charge in [0.15, 0.2) is 0 Å². The number of benzene rings is 1. The number of aryl methyl sites for hydroxylation is 1. The largest absolute Gasteiger partial charge is 0.313 e. The van der Waals surface area contributed by atoms with Gasteiger partial charge in [-0.1, -0.05) is 13.8 Å². The van der Waals surface area contributed by atoms with Gasteiger partial charge in [-0.15, -0.1) is 0 Å². The van der Waals surface area contributed by atoms with Crippen LogP contribution >= 0.6 is 0 Å². The summed E-state index contributed by atoms with van der Waals surface area (Å²) in [7, 11) is 0. The first-order valence-corrected chi connectivity index (χ1v) is 6.31. The van der Waals surface area contributed by atoms with E-state index in [9.17, 15) is 14.0 Å². The Morgan fingerprint density at radius 3 is 2.63 bits per heavy atom. The molecule has 1 amide bonds. The fourth-order valence-corrected chi connectivity index (χ4v) is 2.28. The van der Waals surface area contributed by atoms with Gasteiger partial charge in [-0.2, -0.15) is 0 Å². The van der Waals surface area contributed by atoms with Crippen LogP contribution in [0.5, 0.6) is 0 Å². The molecule has 0 aromatic heterocycles. The van der Waals surface area contributed by atoms with E-state index in [0.29, 0.717) is 30.4 Å². The number of fused-ring (bicyclic) bond motifs is 1. The minimum atomic E-state index is -0.623. The first-order valence-electron chi connectivity index (χ1n) is 6.31. The molecular formula is C14H17FN2O2. The van der Waals surface area contributed by atoms with E-state index in [1.165, 1.54) is 11.0 Å². The molecule has 2 rings (SSSR count). The van der Waals surface area contributed by atoms with Gasteiger partial charge in [0, 0.05) is 19.1 Å². The number of carbonyl (C=O) groups excluding carboxylic acids is 2. The third kappa shape index (κ3) is 2.51. The Hall–Kier alpha value is -1.75. The molecule has 4 nitrogen and oxygen atoms in total. The number of nitrogens with one attached hydrogen (secondary N) is 1. The maximum atomic E-state index is 13.3. The van der Waals surface area contributed by atoms with E-state index in [2.05, 4.69) is 5.32 Å². The van der Waals surface area contributed by atoms with Gasteiger partial charge in [0.2, 0.25) is 0 Å². The van der Waals surface area contributed by atoms with E-state index < -0.39 is 17.5 Å². The highest BCUT2D eigenvalue weighted by Gasteiger charge is 2.37. The topological polar surface area (TPSA) is 49.4 Å². The molecule has 1 aliphatic heterocycles. The summed E-state index contributed by atoms with van der Waals surface area (Å²) >= 11 is 0. The summed E-state index contributed by atoms with van der Waals surface area (Å²) in [6.07, 6.45) is 0. The number of hydrogen-bond donors (Lipinski definition) is 1. The lowest BCUT2D eigenvalue weighted by Gasteiger charge is -2.19. The third-order valence-corrected chi connectivity index (χ3v) is 3.11. The van der Waals surface area contributed by atoms with Crippen molar-refractivity contribution in [1.82, 2.24) is 5.32 Å². The van der Waals surface area contributed by atoms with Crippen LogP contribution in [-0.2, 0) is 4.79 Å². The molecule has 0 unspecified atom stereocenters. The average molecular weight is 264 g/mol. The summed E-state index contributed by atoms with van der Waals surface area (Å²) in [6.45, 7) is 6.71. The number of ketones is 1. The summed E-state index contributed by atoms with van der Waals surface area (Å²) in [5, 5.41) is 3.19. The van der Waals surface area contributed by atoms with Gasteiger partial charge in [-0.25, -0.2) is 4.39 Å².